The molecule has 0 aromatic carbocycles. The summed E-state index contributed by atoms with van der Waals surface area (Å²) in [5.74, 6) is 1.79. The van der Waals surface area contributed by atoms with Crippen LogP contribution in [-0.4, -0.2) is 27.5 Å². The van der Waals surface area contributed by atoms with Gasteiger partial charge >= 0.3 is 0 Å². The van der Waals surface area contributed by atoms with Crippen LogP contribution in [0.5, 0.6) is 0 Å². The van der Waals surface area contributed by atoms with E-state index in [1.807, 2.05) is 38.2 Å². The highest BCUT2D eigenvalue weighted by Crippen LogP contribution is 2.15. The van der Waals surface area contributed by atoms with Crippen molar-refractivity contribution in [3.05, 3.63) is 42.1 Å². The summed E-state index contributed by atoms with van der Waals surface area (Å²) >= 11 is 0. The van der Waals surface area contributed by atoms with E-state index < -0.39 is 6.10 Å². The number of rotatable bonds is 6. The van der Waals surface area contributed by atoms with E-state index in [0.29, 0.717) is 13.1 Å². The van der Waals surface area contributed by atoms with Crippen LogP contribution in [0.1, 0.15) is 24.5 Å². The fourth-order valence-corrected chi connectivity index (χ4v) is 1.79. The van der Waals surface area contributed by atoms with Crippen molar-refractivity contribution in [2.75, 3.05) is 6.54 Å². The van der Waals surface area contributed by atoms with Crippen LogP contribution in [0.2, 0.25) is 0 Å². The zero-order valence-electron chi connectivity index (χ0n) is 10.7. The Morgan fingerprint density at radius 2 is 2.33 bits per heavy atom. The van der Waals surface area contributed by atoms with E-state index >= 15 is 0 Å². The van der Waals surface area contributed by atoms with Gasteiger partial charge in [0.25, 0.3) is 0 Å². The van der Waals surface area contributed by atoms with E-state index in [2.05, 4.69) is 10.4 Å². The predicted octanol–water partition coefficient (Wildman–Crippen LogP) is 1.50. The first-order valence-electron chi connectivity index (χ1n) is 6.10. The number of aliphatic hydroxyl groups is 1. The molecule has 0 saturated carbocycles. The SMILES string of the molecule is Cc1ccc(C(C)NCC(O)Cn2cccn2)o1. The molecule has 2 aromatic heterocycles. The molecule has 2 heterocycles. The van der Waals surface area contributed by atoms with Crippen molar-refractivity contribution >= 4 is 0 Å². The van der Waals surface area contributed by atoms with Gasteiger partial charge in [0, 0.05) is 18.9 Å². The van der Waals surface area contributed by atoms with E-state index in [0.717, 1.165) is 11.5 Å². The molecule has 2 N–H and O–H groups in total. The topological polar surface area (TPSA) is 63.2 Å². The number of furan rings is 1. The fourth-order valence-electron chi connectivity index (χ4n) is 1.79. The van der Waals surface area contributed by atoms with Crippen molar-refractivity contribution in [3.8, 4) is 0 Å². The lowest BCUT2D eigenvalue weighted by atomic mass is 10.2. The maximum Gasteiger partial charge on any atom is 0.120 e. The number of nitrogens with zero attached hydrogens (tertiary/aromatic N) is 2. The van der Waals surface area contributed by atoms with Crippen LogP contribution in [-0.2, 0) is 6.54 Å². The molecule has 0 saturated heterocycles. The summed E-state index contributed by atoms with van der Waals surface area (Å²) < 4.78 is 7.24. The Morgan fingerprint density at radius 3 is 2.94 bits per heavy atom. The quantitative estimate of drug-likeness (QED) is 0.814. The molecule has 98 valence electrons. The molecular formula is C13H19N3O2. The number of nitrogens with one attached hydrogen (secondary N) is 1. The summed E-state index contributed by atoms with van der Waals surface area (Å²) in [7, 11) is 0. The Hall–Kier alpha value is -1.59. The third kappa shape index (κ3) is 3.45. The van der Waals surface area contributed by atoms with Gasteiger partial charge in [0.05, 0.1) is 18.7 Å². The molecular weight excluding hydrogens is 230 g/mol. The zero-order chi connectivity index (χ0) is 13.0. The number of hydrogen-bond donors (Lipinski definition) is 2. The van der Waals surface area contributed by atoms with Crippen LogP contribution in [0.25, 0.3) is 0 Å². The van der Waals surface area contributed by atoms with E-state index in [-0.39, 0.29) is 6.04 Å². The van der Waals surface area contributed by atoms with Gasteiger partial charge in [-0.1, -0.05) is 0 Å². The Kier molecular flexibility index (Phi) is 4.17. The second-order valence-corrected chi connectivity index (χ2v) is 4.46. The van der Waals surface area contributed by atoms with E-state index in [1.165, 1.54) is 0 Å². The molecule has 5 nitrogen and oxygen atoms in total. The monoisotopic (exact) mass is 249 g/mol. The molecule has 2 unspecified atom stereocenters. The fraction of sp³-hybridized carbons (Fsp3) is 0.462. The molecule has 0 aliphatic rings. The van der Waals surface area contributed by atoms with Crippen LogP contribution in [0.3, 0.4) is 0 Å². The van der Waals surface area contributed by atoms with Crippen molar-refractivity contribution < 1.29 is 9.52 Å². The molecule has 2 aromatic rings. The smallest absolute Gasteiger partial charge is 0.120 e. The van der Waals surface area contributed by atoms with Gasteiger partial charge in [0.15, 0.2) is 0 Å². The highest BCUT2D eigenvalue weighted by atomic mass is 16.3. The third-order valence-electron chi connectivity index (χ3n) is 2.80. The van der Waals surface area contributed by atoms with E-state index in [1.54, 1.807) is 10.9 Å². The lowest BCUT2D eigenvalue weighted by molar-refractivity contribution is 0.142. The Labute approximate surface area is 106 Å². The number of aliphatic hydroxyl groups excluding tert-OH is 1. The Morgan fingerprint density at radius 1 is 1.50 bits per heavy atom. The van der Waals surface area contributed by atoms with Crippen LogP contribution >= 0.6 is 0 Å². The lowest BCUT2D eigenvalue weighted by Gasteiger charge is -2.15. The van der Waals surface area contributed by atoms with Gasteiger partial charge in [-0.15, -0.1) is 0 Å². The van der Waals surface area contributed by atoms with Crippen molar-refractivity contribution in [2.24, 2.45) is 0 Å². The van der Waals surface area contributed by atoms with Crippen LogP contribution in [0.4, 0.5) is 0 Å². The van der Waals surface area contributed by atoms with Gasteiger partial charge in [-0.3, -0.25) is 4.68 Å². The lowest BCUT2D eigenvalue weighted by Crippen LogP contribution is -2.32. The molecule has 0 spiro atoms. The van der Waals surface area contributed by atoms with Gasteiger partial charge in [-0.2, -0.15) is 5.10 Å². The van der Waals surface area contributed by atoms with Gasteiger partial charge < -0.3 is 14.8 Å². The van der Waals surface area contributed by atoms with Crippen molar-refractivity contribution in [1.29, 1.82) is 0 Å². The zero-order valence-corrected chi connectivity index (χ0v) is 10.7. The first kappa shape index (κ1) is 12.9. The molecule has 0 aliphatic carbocycles. The second-order valence-electron chi connectivity index (χ2n) is 4.46. The summed E-state index contributed by atoms with van der Waals surface area (Å²) in [5, 5.41) is 17.2. The Balaban J connectivity index is 1.77. The molecule has 2 rings (SSSR count). The minimum atomic E-state index is -0.469. The second kappa shape index (κ2) is 5.84. The molecule has 0 fully saturated rings. The standard InChI is InChI=1S/C13H19N3O2/c1-10-4-5-13(18-10)11(2)14-8-12(17)9-16-7-3-6-15-16/h3-7,11-12,14,17H,8-9H2,1-2H3. The van der Waals surface area contributed by atoms with E-state index in [9.17, 15) is 5.11 Å². The van der Waals surface area contributed by atoms with Crippen LogP contribution in [0.15, 0.2) is 35.0 Å². The third-order valence-corrected chi connectivity index (χ3v) is 2.80. The van der Waals surface area contributed by atoms with E-state index in [4.69, 9.17) is 4.42 Å². The van der Waals surface area contributed by atoms with Gasteiger partial charge in [0.1, 0.15) is 11.5 Å². The number of aromatic nitrogens is 2. The normalized spacial score (nSPS) is 14.6. The highest BCUT2D eigenvalue weighted by Gasteiger charge is 2.11. The van der Waals surface area contributed by atoms with Crippen molar-refractivity contribution in [2.45, 2.75) is 32.5 Å². The first-order chi connectivity index (χ1) is 8.65. The van der Waals surface area contributed by atoms with Crippen molar-refractivity contribution in [1.82, 2.24) is 15.1 Å². The van der Waals surface area contributed by atoms with Gasteiger partial charge in [0.2, 0.25) is 0 Å². The molecule has 2 atom stereocenters. The largest absolute Gasteiger partial charge is 0.465 e. The maximum absolute atomic E-state index is 9.87. The maximum atomic E-state index is 9.87. The average molecular weight is 249 g/mol. The summed E-state index contributed by atoms with van der Waals surface area (Å²) in [6.45, 7) is 4.92. The van der Waals surface area contributed by atoms with Crippen LogP contribution in [0, 0.1) is 6.92 Å². The highest BCUT2D eigenvalue weighted by molar-refractivity contribution is 5.08. The number of hydrogen-bond acceptors (Lipinski definition) is 4. The summed E-state index contributed by atoms with van der Waals surface area (Å²) in [6.07, 6.45) is 3.07. The predicted molar refractivity (Wildman–Crippen MR) is 68.1 cm³/mol. The van der Waals surface area contributed by atoms with Crippen molar-refractivity contribution in [3.63, 3.8) is 0 Å². The van der Waals surface area contributed by atoms with Gasteiger partial charge in [-0.25, -0.2) is 0 Å². The molecule has 5 heteroatoms. The molecule has 18 heavy (non-hydrogen) atoms. The Bertz CT molecular complexity index is 464. The average Bonchev–Trinajstić information content (AvgIpc) is 2.97. The minimum absolute atomic E-state index is 0.0889. The minimum Gasteiger partial charge on any atom is -0.465 e. The summed E-state index contributed by atoms with van der Waals surface area (Å²) in [4.78, 5) is 0. The molecule has 0 aliphatic heterocycles. The van der Waals surface area contributed by atoms with Gasteiger partial charge in [-0.05, 0) is 32.0 Å². The molecule has 0 bridgehead atoms. The first-order valence-corrected chi connectivity index (χ1v) is 6.10. The number of aryl methyl sites for hydroxylation is 1. The summed E-state index contributed by atoms with van der Waals surface area (Å²) in [6, 6.07) is 5.82. The molecule has 0 radical (unpaired) electrons. The molecule has 0 amide bonds. The summed E-state index contributed by atoms with van der Waals surface area (Å²) in [5.41, 5.74) is 0. The van der Waals surface area contributed by atoms with Crippen LogP contribution < -0.4 is 5.32 Å².